The summed E-state index contributed by atoms with van der Waals surface area (Å²) in [6.07, 6.45) is -0.328. The quantitative estimate of drug-likeness (QED) is 0.600. The smallest absolute Gasteiger partial charge is 0.302 e. The molecule has 0 fully saturated rings. The van der Waals surface area contributed by atoms with E-state index in [4.69, 9.17) is 4.74 Å². The number of hydrogen-bond acceptors (Lipinski definition) is 4. The van der Waals surface area contributed by atoms with Crippen molar-refractivity contribution < 1.29 is 14.6 Å². The predicted molar refractivity (Wildman–Crippen MR) is 68.4 cm³/mol. The number of aliphatic hydroxyl groups is 1. The van der Waals surface area contributed by atoms with Gasteiger partial charge in [0.1, 0.15) is 11.0 Å². The van der Waals surface area contributed by atoms with Gasteiger partial charge in [0.25, 0.3) is 0 Å². The number of rotatable bonds is 5. The molecule has 0 aliphatic rings. The van der Waals surface area contributed by atoms with Crippen molar-refractivity contribution in [1.29, 1.82) is 0 Å². The first-order chi connectivity index (χ1) is 7.00. The first-order valence-electron chi connectivity index (χ1n) is 5.58. The average Bonchev–Trinajstić information content (AvgIpc) is 1.99. The summed E-state index contributed by atoms with van der Waals surface area (Å²) in [5, 5.41) is 10.8. The number of esters is 1. The van der Waals surface area contributed by atoms with Crippen molar-refractivity contribution >= 4 is 17.7 Å². The second-order valence-electron chi connectivity index (χ2n) is 5.12. The fourth-order valence-electron chi connectivity index (χ4n) is 1.38. The zero-order chi connectivity index (χ0) is 13.1. The second-order valence-corrected chi connectivity index (χ2v) is 7.10. The van der Waals surface area contributed by atoms with Crippen LogP contribution in [0.2, 0.25) is 0 Å². The number of hydrogen-bond donors (Lipinski definition) is 1. The largest absolute Gasteiger partial charge is 0.462 e. The Hall–Kier alpha value is -0.220. The molecule has 4 heteroatoms. The van der Waals surface area contributed by atoms with E-state index in [1.807, 2.05) is 34.6 Å². The Morgan fingerprint density at radius 2 is 1.69 bits per heavy atom. The summed E-state index contributed by atoms with van der Waals surface area (Å²) < 4.78 is 5.17. The fraction of sp³-hybridized carbons (Fsp3) is 0.917. The lowest BCUT2D eigenvalue weighted by Crippen LogP contribution is -2.48. The van der Waals surface area contributed by atoms with Crippen LogP contribution in [-0.2, 0) is 9.53 Å². The predicted octanol–water partition coefficient (Wildman–Crippen LogP) is 2.81. The molecule has 0 rings (SSSR count). The lowest BCUT2D eigenvalue weighted by atomic mass is 9.81. The molecule has 0 aromatic rings. The first-order valence-corrected chi connectivity index (χ1v) is 6.46. The highest BCUT2D eigenvalue weighted by Crippen LogP contribution is 2.44. The molecule has 0 amide bonds. The van der Waals surface area contributed by atoms with E-state index in [1.54, 1.807) is 6.92 Å². The minimum atomic E-state index is -0.934. The van der Waals surface area contributed by atoms with Crippen molar-refractivity contribution in [2.45, 2.75) is 64.8 Å². The van der Waals surface area contributed by atoms with Gasteiger partial charge < -0.3 is 9.84 Å². The van der Waals surface area contributed by atoms with Gasteiger partial charge in [-0.2, -0.15) is 0 Å². The van der Waals surface area contributed by atoms with Crippen molar-refractivity contribution in [3.05, 3.63) is 0 Å². The summed E-state index contributed by atoms with van der Waals surface area (Å²) in [4.78, 5) is 10.0. The van der Waals surface area contributed by atoms with E-state index in [0.717, 1.165) is 0 Å². The molecule has 16 heavy (non-hydrogen) atoms. The normalized spacial score (nSPS) is 18.1. The monoisotopic (exact) mass is 248 g/mol. The van der Waals surface area contributed by atoms with Crippen LogP contribution in [0.3, 0.4) is 0 Å². The van der Waals surface area contributed by atoms with E-state index in [1.165, 1.54) is 18.7 Å². The first kappa shape index (κ1) is 15.8. The van der Waals surface area contributed by atoms with Crippen LogP contribution in [0.1, 0.15) is 48.5 Å². The lowest BCUT2D eigenvalue weighted by Gasteiger charge is -2.43. The minimum absolute atomic E-state index is 0.314. The zero-order valence-corrected chi connectivity index (χ0v) is 12.1. The number of thioether (sulfide) groups is 1. The van der Waals surface area contributed by atoms with Crippen LogP contribution < -0.4 is 0 Å². The van der Waals surface area contributed by atoms with Gasteiger partial charge >= 0.3 is 5.97 Å². The summed E-state index contributed by atoms with van der Waals surface area (Å²) >= 11 is 1.48. The van der Waals surface area contributed by atoms with E-state index in [-0.39, 0.29) is 12.1 Å². The Morgan fingerprint density at radius 3 is 2.00 bits per heavy atom. The molecule has 0 saturated heterocycles. The van der Waals surface area contributed by atoms with Crippen molar-refractivity contribution in [1.82, 2.24) is 0 Å². The third kappa shape index (κ3) is 3.98. The Labute approximate surface area is 103 Å². The maximum Gasteiger partial charge on any atom is 0.302 e. The number of carbonyl (C=O) groups is 1. The number of ether oxygens (including phenoxy) is 1. The summed E-state index contributed by atoms with van der Waals surface area (Å²) in [7, 11) is 0. The third-order valence-corrected chi connectivity index (χ3v) is 4.48. The van der Waals surface area contributed by atoms with Gasteiger partial charge in [-0.25, -0.2) is 0 Å². The SMILES string of the molecule is CC(=O)OC(C)C(C)(C)C(C)(O)SC(C)C. The molecule has 0 radical (unpaired) electrons. The molecular formula is C12H24O3S. The van der Waals surface area contributed by atoms with Gasteiger partial charge in [0.2, 0.25) is 0 Å². The van der Waals surface area contributed by atoms with E-state index >= 15 is 0 Å². The third-order valence-electron chi connectivity index (χ3n) is 3.02. The molecule has 0 spiro atoms. The minimum Gasteiger partial charge on any atom is -0.462 e. The Morgan fingerprint density at radius 1 is 1.25 bits per heavy atom. The molecule has 2 atom stereocenters. The molecule has 0 bridgehead atoms. The molecule has 0 aromatic carbocycles. The van der Waals surface area contributed by atoms with Crippen molar-refractivity contribution in [3.63, 3.8) is 0 Å². The van der Waals surface area contributed by atoms with Gasteiger partial charge in [-0.05, 0) is 13.8 Å². The molecule has 2 unspecified atom stereocenters. The van der Waals surface area contributed by atoms with E-state index < -0.39 is 10.3 Å². The van der Waals surface area contributed by atoms with Crippen molar-refractivity contribution in [2.24, 2.45) is 5.41 Å². The van der Waals surface area contributed by atoms with E-state index in [0.29, 0.717) is 5.25 Å². The van der Waals surface area contributed by atoms with Crippen molar-refractivity contribution in [3.8, 4) is 0 Å². The molecule has 0 saturated carbocycles. The van der Waals surface area contributed by atoms with Gasteiger partial charge in [0.05, 0.1) is 0 Å². The number of carbonyl (C=O) groups excluding carboxylic acids is 1. The fourth-order valence-corrected chi connectivity index (χ4v) is 2.77. The molecule has 0 aliphatic carbocycles. The van der Waals surface area contributed by atoms with E-state index in [9.17, 15) is 9.90 Å². The van der Waals surface area contributed by atoms with Crippen LogP contribution in [0, 0.1) is 5.41 Å². The Kier molecular flexibility index (Phi) is 5.33. The molecule has 0 heterocycles. The van der Waals surface area contributed by atoms with Crippen LogP contribution in [-0.4, -0.2) is 27.4 Å². The topological polar surface area (TPSA) is 46.5 Å². The molecule has 0 aliphatic heterocycles. The molecule has 1 N–H and O–H groups in total. The summed E-state index contributed by atoms with van der Waals surface area (Å²) in [6.45, 7) is 12.9. The van der Waals surface area contributed by atoms with Crippen LogP contribution in [0.5, 0.6) is 0 Å². The zero-order valence-electron chi connectivity index (χ0n) is 11.3. The highest BCUT2D eigenvalue weighted by atomic mass is 32.2. The Balaban J connectivity index is 4.79. The van der Waals surface area contributed by atoms with Crippen LogP contribution in [0.4, 0.5) is 0 Å². The van der Waals surface area contributed by atoms with Gasteiger partial charge in [-0.3, -0.25) is 4.79 Å². The molecule has 0 aromatic heterocycles. The molecule has 3 nitrogen and oxygen atoms in total. The van der Waals surface area contributed by atoms with Crippen LogP contribution in [0.25, 0.3) is 0 Å². The van der Waals surface area contributed by atoms with Gasteiger partial charge in [0.15, 0.2) is 0 Å². The maximum atomic E-state index is 10.9. The highest BCUT2D eigenvalue weighted by molar-refractivity contribution is 8.01. The van der Waals surface area contributed by atoms with Gasteiger partial charge in [-0.1, -0.05) is 27.7 Å². The summed E-state index contributed by atoms with van der Waals surface area (Å²) in [5.74, 6) is -0.314. The highest BCUT2D eigenvalue weighted by Gasteiger charge is 2.45. The van der Waals surface area contributed by atoms with Gasteiger partial charge in [0, 0.05) is 17.6 Å². The van der Waals surface area contributed by atoms with Crippen LogP contribution >= 0.6 is 11.8 Å². The van der Waals surface area contributed by atoms with Crippen molar-refractivity contribution in [2.75, 3.05) is 0 Å². The van der Waals surface area contributed by atoms with E-state index in [2.05, 4.69) is 0 Å². The average molecular weight is 248 g/mol. The maximum absolute atomic E-state index is 10.9. The molecule has 96 valence electrons. The second kappa shape index (κ2) is 5.41. The summed E-state index contributed by atoms with van der Waals surface area (Å²) in [5.41, 5.74) is -0.506. The van der Waals surface area contributed by atoms with Crippen LogP contribution in [0.15, 0.2) is 0 Å². The standard InChI is InChI=1S/C12H24O3S/c1-8(2)16-12(7,14)11(5,6)9(3)15-10(4)13/h8-9,14H,1-7H3. The van der Waals surface area contributed by atoms with Gasteiger partial charge in [-0.15, -0.1) is 11.8 Å². The summed E-state index contributed by atoms with van der Waals surface area (Å²) in [6, 6.07) is 0. The lowest BCUT2D eigenvalue weighted by molar-refractivity contribution is -0.157. The molecular weight excluding hydrogens is 224 g/mol. The Bertz CT molecular complexity index is 247.